The molecule has 0 saturated carbocycles. The highest BCUT2D eigenvalue weighted by Crippen LogP contribution is 2.48. The summed E-state index contributed by atoms with van der Waals surface area (Å²) in [6.45, 7) is 4.31. The van der Waals surface area contributed by atoms with Gasteiger partial charge in [0.1, 0.15) is 11.9 Å². The van der Waals surface area contributed by atoms with Crippen LogP contribution >= 0.6 is 0 Å². The van der Waals surface area contributed by atoms with Crippen LogP contribution in [-0.4, -0.2) is 19.6 Å². The summed E-state index contributed by atoms with van der Waals surface area (Å²) in [5.74, 6) is 1.33. The lowest BCUT2D eigenvalue weighted by atomic mass is 9.83. The number of nitrogens with zero attached hydrogens (tertiary/aromatic N) is 4. The molecule has 1 unspecified atom stereocenters. The highest BCUT2D eigenvalue weighted by molar-refractivity contribution is 5.87. The van der Waals surface area contributed by atoms with Gasteiger partial charge in [0.25, 0.3) is 0 Å². The van der Waals surface area contributed by atoms with Crippen LogP contribution in [0.25, 0.3) is 28.0 Å². The Balaban J connectivity index is 1.53. The maximum Gasteiger partial charge on any atom is 0.344 e. The van der Waals surface area contributed by atoms with Crippen molar-refractivity contribution in [2.45, 2.75) is 25.7 Å². The standard InChI is InChI=1S/C30H22N4O3/c1-17(2)18-12-14-19(15-13-18)23-24-26(21-10-6-7-11-22(21)36-30(24)35)37-29-25(23)28-32-27(33-34(28)16-31-29)20-8-4-3-5-9-20/h3-17,23H,1-2H3. The van der Waals surface area contributed by atoms with Crippen molar-refractivity contribution in [3.8, 4) is 23.0 Å². The predicted octanol–water partition coefficient (Wildman–Crippen LogP) is 6.31. The lowest BCUT2D eigenvalue weighted by Crippen LogP contribution is -2.22. The zero-order valence-corrected chi connectivity index (χ0v) is 20.3. The number of aromatic nitrogens is 4. The second-order valence-electron chi connectivity index (χ2n) is 9.52. The average Bonchev–Trinajstić information content (AvgIpc) is 3.37. The number of hydrogen-bond acceptors (Lipinski definition) is 6. The molecule has 1 aliphatic heterocycles. The highest BCUT2D eigenvalue weighted by atomic mass is 16.5. The number of para-hydroxylation sites is 1. The van der Waals surface area contributed by atoms with Crippen LogP contribution in [-0.2, 0) is 0 Å². The first-order valence-electron chi connectivity index (χ1n) is 12.2. The van der Waals surface area contributed by atoms with E-state index in [0.717, 1.165) is 16.5 Å². The van der Waals surface area contributed by atoms with Gasteiger partial charge in [0.05, 0.1) is 22.4 Å². The van der Waals surface area contributed by atoms with Gasteiger partial charge >= 0.3 is 5.63 Å². The van der Waals surface area contributed by atoms with Crippen molar-refractivity contribution in [1.82, 2.24) is 19.6 Å². The molecular formula is C30H22N4O3. The van der Waals surface area contributed by atoms with Crippen molar-refractivity contribution in [1.29, 1.82) is 0 Å². The van der Waals surface area contributed by atoms with E-state index >= 15 is 0 Å². The van der Waals surface area contributed by atoms with Crippen molar-refractivity contribution >= 4 is 16.6 Å². The number of rotatable bonds is 3. The van der Waals surface area contributed by atoms with Crippen molar-refractivity contribution in [2.24, 2.45) is 0 Å². The molecule has 0 aliphatic carbocycles. The molecule has 6 aromatic rings. The third-order valence-corrected chi connectivity index (χ3v) is 6.93. The quantitative estimate of drug-likeness (QED) is 0.272. The van der Waals surface area contributed by atoms with Gasteiger partial charge in [0, 0.05) is 5.56 Å². The van der Waals surface area contributed by atoms with E-state index < -0.39 is 11.5 Å². The molecule has 4 heterocycles. The number of hydrogen-bond donors (Lipinski definition) is 0. The van der Waals surface area contributed by atoms with Gasteiger partial charge in [-0.15, -0.1) is 5.10 Å². The van der Waals surface area contributed by atoms with E-state index in [-0.39, 0.29) is 0 Å². The van der Waals surface area contributed by atoms with E-state index in [1.54, 1.807) is 16.9 Å². The zero-order chi connectivity index (χ0) is 25.1. The SMILES string of the molecule is CC(C)c1ccc(C2c3c(c4ccccc4oc3=O)Oc3ncn4nc(-c5ccccc5)nc4c32)cc1. The fraction of sp³-hybridized carbons (Fsp3) is 0.133. The molecule has 0 amide bonds. The van der Waals surface area contributed by atoms with Gasteiger partial charge in [-0.05, 0) is 29.2 Å². The van der Waals surface area contributed by atoms with Crippen LogP contribution in [0, 0.1) is 0 Å². The van der Waals surface area contributed by atoms with Crippen molar-refractivity contribution in [3.63, 3.8) is 0 Å². The molecule has 3 aromatic heterocycles. The Morgan fingerprint density at radius 3 is 2.43 bits per heavy atom. The summed E-state index contributed by atoms with van der Waals surface area (Å²) >= 11 is 0. The summed E-state index contributed by atoms with van der Waals surface area (Å²) in [6.07, 6.45) is 1.60. The van der Waals surface area contributed by atoms with Crippen LogP contribution in [0.5, 0.6) is 11.6 Å². The van der Waals surface area contributed by atoms with E-state index in [1.807, 2.05) is 48.5 Å². The maximum absolute atomic E-state index is 13.5. The minimum atomic E-state index is -0.496. The second-order valence-corrected chi connectivity index (χ2v) is 9.52. The van der Waals surface area contributed by atoms with Gasteiger partial charge in [0.15, 0.2) is 17.2 Å². The number of ether oxygens (including phenoxy) is 1. The summed E-state index contributed by atoms with van der Waals surface area (Å²) in [7, 11) is 0. The fourth-order valence-electron chi connectivity index (χ4n) is 5.05. The highest BCUT2D eigenvalue weighted by Gasteiger charge is 2.37. The third-order valence-electron chi connectivity index (χ3n) is 6.93. The van der Waals surface area contributed by atoms with Gasteiger partial charge in [-0.1, -0.05) is 80.6 Å². The molecule has 3 aromatic carbocycles. The summed E-state index contributed by atoms with van der Waals surface area (Å²) in [5, 5.41) is 5.39. The first-order chi connectivity index (χ1) is 18.1. The Hall–Kier alpha value is -4.78. The molecule has 180 valence electrons. The average molecular weight is 487 g/mol. The largest absolute Gasteiger partial charge is 0.437 e. The normalized spacial score (nSPS) is 14.5. The minimum Gasteiger partial charge on any atom is -0.437 e. The van der Waals surface area contributed by atoms with Crippen LogP contribution in [0.2, 0.25) is 0 Å². The molecule has 7 nitrogen and oxygen atoms in total. The molecule has 7 heteroatoms. The van der Waals surface area contributed by atoms with Gasteiger partial charge in [0.2, 0.25) is 5.88 Å². The molecule has 0 bridgehead atoms. The molecular weight excluding hydrogens is 464 g/mol. The molecule has 1 aliphatic rings. The smallest absolute Gasteiger partial charge is 0.344 e. The van der Waals surface area contributed by atoms with Gasteiger partial charge < -0.3 is 9.15 Å². The lowest BCUT2D eigenvalue weighted by molar-refractivity contribution is 0.422. The predicted molar refractivity (Wildman–Crippen MR) is 140 cm³/mol. The Labute approximate surface area is 212 Å². The van der Waals surface area contributed by atoms with E-state index in [0.29, 0.717) is 45.7 Å². The van der Waals surface area contributed by atoms with Crippen LogP contribution in [0.15, 0.2) is 94.4 Å². The summed E-state index contributed by atoms with van der Waals surface area (Å²) in [6, 6.07) is 25.5. The molecule has 7 rings (SSSR count). The molecule has 37 heavy (non-hydrogen) atoms. The first kappa shape index (κ1) is 21.5. The number of fused-ring (bicyclic) bond motifs is 6. The van der Waals surface area contributed by atoms with E-state index in [1.165, 1.54) is 5.56 Å². The Kier molecular flexibility index (Phi) is 4.72. The lowest BCUT2D eigenvalue weighted by Gasteiger charge is -2.27. The summed E-state index contributed by atoms with van der Waals surface area (Å²) < 4.78 is 13.8. The zero-order valence-electron chi connectivity index (χ0n) is 20.3. The molecule has 1 atom stereocenters. The molecule has 0 saturated heterocycles. The van der Waals surface area contributed by atoms with Crippen molar-refractivity contribution in [2.75, 3.05) is 0 Å². The van der Waals surface area contributed by atoms with E-state index in [2.05, 4.69) is 48.2 Å². The summed E-state index contributed by atoms with van der Waals surface area (Å²) in [5.41, 5.74) is 4.76. The second kappa shape index (κ2) is 8.13. The molecule has 0 spiro atoms. The molecule has 0 N–H and O–H groups in total. The van der Waals surface area contributed by atoms with Gasteiger partial charge in [-0.25, -0.2) is 19.3 Å². The Bertz CT molecular complexity index is 1850. The van der Waals surface area contributed by atoms with Crippen LogP contribution in [0.4, 0.5) is 0 Å². The number of benzene rings is 3. The van der Waals surface area contributed by atoms with E-state index in [4.69, 9.17) is 14.1 Å². The van der Waals surface area contributed by atoms with Crippen LogP contribution in [0.1, 0.15) is 47.9 Å². The van der Waals surface area contributed by atoms with Gasteiger partial charge in [-0.2, -0.15) is 0 Å². The fourth-order valence-corrected chi connectivity index (χ4v) is 5.05. The maximum atomic E-state index is 13.5. The molecule has 0 radical (unpaired) electrons. The van der Waals surface area contributed by atoms with E-state index in [9.17, 15) is 4.79 Å². The third kappa shape index (κ3) is 3.35. The topological polar surface area (TPSA) is 82.5 Å². The Morgan fingerprint density at radius 1 is 0.892 bits per heavy atom. The van der Waals surface area contributed by atoms with Crippen LogP contribution in [0.3, 0.4) is 0 Å². The van der Waals surface area contributed by atoms with Crippen molar-refractivity contribution in [3.05, 3.63) is 118 Å². The molecule has 0 fully saturated rings. The summed E-state index contributed by atoms with van der Waals surface area (Å²) in [4.78, 5) is 23.0. The van der Waals surface area contributed by atoms with Crippen molar-refractivity contribution < 1.29 is 9.15 Å². The Morgan fingerprint density at radius 2 is 1.65 bits per heavy atom. The monoisotopic (exact) mass is 486 g/mol. The minimum absolute atomic E-state index is 0.385. The van der Waals surface area contributed by atoms with Crippen LogP contribution < -0.4 is 10.4 Å². The first-order valence-corrected chi connectivity index (χ1v) is 12.2. The van der Waals surface area contributed by atoms with Gasteiger partial charge in [-0.3, -0.25) is 0 Å².